The second-order valence-corrected chi connectivity index (χ2v) is 14.3. The molecule has 6 rings (SSSR count). The molecule has 290 valence electrons. The highest BCUT2D eigenvalue weighted by Gasteiger charge is 2.40. The number of nitrogens with one attached hydrogen (secondary N) is 3. The fourth-order valence-corrected chi connectivity index (χ4v) is 7.40. The van der Waals surface area contributed by atoms with Gasteiger partial charge in [0.1, 0.15) is 23.7 Å². The zero-order chi connectivity index (χ0) is 39.4. The zero-order valence-electron chi connectivity index (χ0n) is 31.3. The number of carboxylic acid groups (broad SMARTS) is 1. The molecule has 2 aliphatic heterocycles. The van der Waals surface area contributed by atoms with Gasteiger partial charge in [-0.15, -0.1) is 0 Å². The first kappa shape index (κ1) is 38.5. The van der Waals surface area contributed by atoms with E-state index in [2.05, 4.69) is 25.3 Å². The molecule has 0 radical (unpaired) electrons. The molecule has 2 aromatic heterocycles. The molecule has 2 aromatic carbocycles. The van der Waals surface area contributed by atoms with Crippen molar-refractivity contribution in [2.45, 2.75) is 70.1 Å². The Bertz CT molecular complexity index is 2020. The number of hydrogen-bond donors (Lipinski definition) is 5. The van der Waals surface area contributed by atoms with Crippen LogP contribution in [0.2, 0.25) is 0 Å². The standard InChI is InChI=1S/C39H47N9O7/c1-22(2)33(45-38(52)55-4)37(51)48-18-6-8-30(48)35-42-21-28(44-35)26-15-11-24(12-16-26)23-9-13-25(14-10-23)27-20-41-34(43-27)29-7-5-17-47(29)36(50)31(19-32(40)49)46(3)39(53)54/h9-16,20-22,29-31,33H,5-8,17-19H2,1-4H3,(H2,40,49)(H,41,43)(H,42,44)(H,45,52)(H,53,54)/t29-,30?,31-,33-/m0/s1. The number of methoxy groups -OCH3 is 1. The Morgan fingerprint density at radius 1 is 0.836 bits per heavy atom. The average Bonchev–Trinajstić information content (AvgIpc) is 4.02. The summed E-state index contributed by atoms with van der Waals surface area (Å²) < 4.78 is 4.74. The number of aromatic nitrogens is 4. The lowest BCUT2D eigenvalue weighted by Crippen LogP contribution is -2.51. The van der Waals surface area contributed by atoms with Crippen molar-refractivity contribution in [2.75, 3.05) is 27.2 Å². The maximum atomic E-state index is 13.5. The molecular weight excluding hydrogens is 706 g/mol. The van der Waals surface area contributed by atoms with E-state index in [4.69, 9.17) is 10.5 Å². The van der Waals surface area contributed by atoms with Crippen molar-refractivity contribution >= 4 is 29.9 Å². The minimum Gasteiger partial charge on any atom is -0.465 e. The molecule has 16 nitrogen and oxygen atoms in total. The number of imidazole rings is 2. The van der Waals surface area contributed by atoms with Crippen molar-refractivity contribution in [2.24, 2.45) is 11.7 Å². The van der Waals surface area contributed by atoms with Gasteiger partial charge in [-0.05, 0) is 53.9 Å². The molecule has 6 N–H and O–H groups in total. The lowest BCUT2D eigenvalue weighted by molar-refractivity contribution is -0.139. The number of alkyl carbamates (subject to hydrolysis) is 1. The fourth-order valence-electron chi connectivity index (χ4n) is 7.40. The monoisotopic (exact) mass is 753 g/mol. The minimum absolute atomic E-state index is 0.118. The number of amides is 5. The van der Waals surface area contributed by atoms with Crippen molar-refractivity contribution in [1.29, 1.82) is 0 Å². The molecule has 2 aliphatic rings. The summed E-state index contributed by atoms with van der Waals surface area (Å²) >= 11 is 0. The van der Waals surface area contributed by atoms with Crippen LogP contribution in [0.25, 0.3) is 33.6 Å². The van der Waals surface area contributed by atoms with E-state index in [1.807, 2.05) is 62.4 Å². The second-order valence-electron chi connectivity index (χ2n) is 14.3. The lowest BCUT2D eigenvalue weighted by atomic mass is 10.0. The van der Waals surface area contributed by atoms with Gasteiger partial charge in [0.05, 0.1) is 49.4 Å². The zero-order valence-corrected chi connectivity index (χ0v) is 31.3. The van der Waals surface area contributed by atoms with Crippen LogP contribution < -0.4 is 11.1 Å². The molecule has 2 saturated heterocycles. The van der Waals surface area contributed by atoms with E-state index < -0.39 is 48.5 Å². The molecule has 5 amide bonds. The summed E-state index contributed by atoms with van der Waals surface area (Å²) in [5, 5.41) is 12.2. The van der Waals surface area contributed by atoms with Crippen LogP contribution in [0.4, 0.5) is 9.59 Å². The molecule has 4 heterocycles. The molecule has 0 bridgehead atoms. The number of H-pyrrole nitrogens is 2. The van der Waals surface area contributed by atoms with Crippen LogP contribution in [0.15, 0.2) is 60.9 Å². The quantitative estimate of drug-likeness (QED) is 0.135. The number of carbonyl (C=O) groups is 5. The van der Waals surface area contributed by atoms with Gasteiger partial charge in [0.15, 0.2) is 0 Å². The van der Waals surface area contributed by atoms with Crippen LogP contribution in [-0.4, -0.2) is 109 Å². The van der Waals surface area contributed by atoms with Gasteiger partial charge >= 0.3 is 12.2 Å². The van der Waals surface area contributed by atoms with Crippen LogP contribution >= 0.6 is 0 Å². The normalized spacial score (nSPS) is 17.9. The van der Waals surface area contributed by atoms with Crippen molar-refractivity contribution in [3.63, 3.8) is 0 Å². The summed E-state index contributed by atoms with van der Waals surface area (Å²) in [6.07, 6.45) is 4.07. The van der Waals surface area contributed by atoms with E-state index in [-0.39, 0.29) is 17.9 Å². The lowest BCUT2D eigenvalue weighted by Gasteiger charge is -2.31. The summed E-state index contributed by atoms with van der Waals surface area (Å²) in [5.74, 6) is -0.229. The van der Waals surface area contributed by atoms with E-state index in [1.165, 1.54) is 14.2 Å². The third-order valence-electron chi connectivity index (χ3n) is 10.5. The first-order valence-electron chi connectivity index (χ1n) is 18.4. The Morgan fingerprint density at radius 2 is 1.29 bits per heavy atom. The number of likely N-dealkylation sites (tertiary alicyclic amines) is 2. The highest BCUT2D eigenvalue weighted by molar-refractivity contribution is 5.90. The molecule has 0 saturated carbocycles. The molecule has 55 heavy (non-hydrogen) atoms. The van der Waals surface area contributed by atoms with Crippen molar-refractivity contribution < 1.29 is 33.8 Å². The third kappa shape index (κ3) is 8.32. The number of hydrogen-bond acceptors (Lipinski definition) is 8. The number of ether oxygens (including phenoxy) is 1. The van der Waals surface area contributed by atoms with E-state index in [9.17, 15) is 29.1 Å². The van der Waals surface area contributed by atoms with E-state index in [0.29, 0.717) is 37.6 Å². The minimum atomic E-state index is -1.32. The van der Waals surface area contributed by atoms with Gasteiger partial charge in [-0.2, -0.15) is 0 Å². The maximum absolute atomic E-state index is 13.5. The van der Waals surface area contributed by atoms with Gasteiger partial charge < -0.3 is 40.7 Å². The van der Waals surface area contributed by atoms with Gasteiger partial charge in [0, 0.05) is 20.1 Å². The summed E-state index contributed by atoms with van der Waals surface area (Å²) in [6, 6.07) is 13.6. The summed E-state index contributed by atoms with van der Waals surface area (Å²) in [4.78, 5) is 82.4. The predicted molar refractivity (Wildman–Crippen MR) is 202 cm³/mol. The maximum Gasteiger partial charge on any atom is 0.407 e. The molecule has 16 heteroatoms. The SMILES string of the molecule is COC(=O)N[C@H](C(=O)N1CCCC1c1ncc(-c2ccc(-c3ccc(-c4cnc([C@@H]5CCCN5C(=O)[C@H](CC(N)=O)N(C)C(=O)O)[nH]4)cc3)cc2)[nH]1)C(C)C. The first-order valence-corrected chi connectivity index (χ1v) is 18.4. The number of carbonyl (C=O) groups excluding carboxylic acids is 4. The number of likely N-dealkylation sites (N-methyl/N-ethyl adjacent to an activating group) is 1. The van der Waals surface area contributed by atoms with Crippen LogP contribution in [0.5, 0.6) is 0 Å². The summed E-state index contributed by atoms with van der Waals surface area (Å²) in [6.45, 7) is 4.76. The van der Waals surface area contributed by atoms with Crippen LogP contribution in [-0.2, 0) is 19.1 Å². The Labute approximate surface area is 318 Å². The number of nitrogens with two attached hydrogens (primary N) is 1. The van der Waals surface area contributed by atoms with Gasteiger partial charge in [-0.1, -0.05) is 62.4 Å². The highest BCUT2D eigenvalue weighted by atomic mass is 16.5. The van der Waals surface area contributed by atoms with Crippen LogP contribution in [0, 0.1) is 5.92 Å². The summed E-state index contributed by atoms with van der Waals surface area (Å²) in [5.41, 5.74) is 10.8. The van der Waals surface area contributed by atoms with Gasteiger partial charge in [0.25, 0.3) is 0 Å². The van der Waals surface area contributed by atoms with Gasteiger partial charge in [0.2, 0.25) is 17.7 Å². The molecule has 2 fully saturated rings. The second kappa shape index (κ2) is 16.4. The number of primary amides is 1. The molecule has 0 aliphatic carbocycles. The largest absolute Gasteiger partial charge is 0.465 e. The number of aromatic amines is 2. The third-order valence-corrected chi connectivity index (χ3v) is 10.5. The van der Waals surface area contributed by atoms with E-state index in [0.717, 1.165) is 51.4 Å². The molecular formula is C39H47N9O7. The molecule has 4 aromatic rings. The fraction of sp³-hybridized carbons (Fsp3) is 0.410. The van der Waals surface area contributed by atoms with Crippen molar-refractivity contribution in [3.8, 4) is 33.6 Å². The Hall–Kier alpha value is -6.19. The molecule has 4 atom stereocenters. The van der Waals surface area contributed by atoms with E-state index >= 15 is 0 Å². The van der Waals surface area contributed by atoms with E-state index in [1.54, 1.807) is 22.2 Å². The Morgan fingerprint density at radius 3 is 1.71 bits per heavy atom. The molecule has 1 unspecified atom stereocenters. The topological polar surface area (TPSA) is 220 Å². The van der Waals surface area contributed by atoms with Gasteiger partial charge in [-0.25, -0.2) is 19.6 Å². The highest BCUT2D eigenvalue weighted by Crippen LogP contribution is 2.35. The number of nitrogens with zero attached hydrogens (tertiary/aromatic N) is 5. The van der Waals surface area contributed by atoms with Gasteiger partial charge in [-0.3, -0.25) is 19.3 Å². The average molecular weight is 754 g/mol. The predicted octanol–water partition coefficient (Wildman–Crippen LogP) is 4.70. The smallest absolute Gasteiger partial charge is 0.407 e. The number of rotatable bonds is 12. The van der Waals surface area contributed by atoms with Crippen LogP contribution in [0.3, 0.4) is 0 Å². The van der Waals surface area contributed by atoms with Crippen molar-refractivity contribution in [1.82, 2.24) is 40.0 Å². The Kier molecular flexibility index (Phi) is 11.5. The Balaban J connectivity index is 1.11. The molecule has 0 spiro atoms. The summed E-state index contributed by atoms with van der Waals surface area (Å²) in [7, 11) is 2.53. The van der Waals surface area contributed by atoms with Crippen LogP contribution in [0.1, 0.15) is 69.7 Å². The number of benzene rings is 2. The van der Waals surface area contributed by atoms with Crippen molar-refractivity contribution in [3.05, 3.63) is 72.6 Å². The first-order chi connectivity index (χ1) is 26.4.